The fourth-order valence-electron chi connectivity index (χ4n) is 3.30. The van der Waals surface area contributed by atoms with E-state index in [1.54, 1.807) is 42.5 Å². The third-order valence-corrected chi connectivity index (χ3v) is 6.44. The summed E-state index contributed by atoms with van der Waals surface area (Å²) < 4.78 is 65.5. The number of benzene rings is 3. The normalized spacial score (nSPS) is 15.6. The zero-order valence-corrected chi connectivity index (χ0v) is 17.2. The quantitative estimate of drug-likeness (QED) is 0.399. The molecule has 0 spiro atoms. The molecule has 3 N–H and O–H groups in total. The van der Waals surface area contributed by atoms with Crippen molar-refractivity contribution in [1.29, 1.82) is 0 Å². The van der Waals surface area contributed by atoms with Crippen LogP contribution in [0.1, 0.15) is 11.1 Å². The summed E-state index contributed by atoms with van der Waals surface area (Å²) in [4.78, 5) is 11.6. The van der Waals surface area contributed by atoms with E-state index in [9.17, 15) is 30.7 Å². The fourth-order valence-corrected chi connectivity index (χ4v) is 4.60. The first-order valence-corrected chi connectivity index (χ1v) is 11.6. The van der Waals surface area contributed by atoms with Gasteiger partial charge < -0.3 is 0 Å². The first-order valence-electron chi connectivity index (χ1n) is 8.73. The maximum absolute atomic E-state index is 12.7. The number of allylic oxidation sites excluding steroid dienone is 1. The van der Waals surface area contributed by atoms with Crippen LogP contribution in [-0.4, -0.2) is 37.4 Å². The van der Waals surface area contributed by atoms with Gasteiger partial charge in [0.15, 0.2) is 0 Å². The average Bonchev–Trinajstić information content (AvgIpc) is 2.71. The SMILES string of the molecule is O=C1C(S(=O)(=O)O)=Cc2ccccc2/C1=N/Nc1ccc(S(=O)(=O)O)c2ccccc12. The minimum Gasteiger partial charge on any atom is -0.286 e. The van der Waals surface area contributed by atoms with Gasteiger partial charge in [0.1, 0.15) is 15.5 Å². The highest BCUT2D eigenvalue weighted by Gasteiger charge is 2.32. The van der Waals surface area contributed by atoms with Gasteiger partial charge in [-0.2, -0.15) is 21.9 Å². The predicted octanol–water partition coefficient (Wildman–Crippen LogP) is 2.71. The van der Waals surface area contributed by atoms with E-state index in [1.165, 1.54) is 18.2 Å². The molecule has 0 unspecified atom stereocenters. The maximum Gasteiger partial charge on any atom is 0.298 e. The second-order valence-corrected chi connectivity index (χ2v) is 9.38. The molecule has 9 nitrogen and oxygen atoms in total. The summed E-state index contributed by atoms with van der Waals surface area (Å²) in [5.41, 5.74) is 3.46. The Balaban J connectivity index is 1.85. The molecule has 0 heterocycles. The molecule has 0 saturated heterocycles. The molecule has 1 aliphatic carbocycles. The molecule has 31 heavy (non-hydrogen) atoms. The van der Waals surface area contributed by atoms with E-state index in [-0.39, 0.29) is 16.0 Å². The van der Waals surface area contributed by atoms with Gasteiger partial charge in [-0.25, -0.2) is 0 Å². The molecule has 11 heteroatoms. The van der Waals surface area contributed by atoms with Crippen LogP contribution in [0, 0.1) is 0 Å². The predicted molar refractivity (Wildman–Crippen MR) is 115 cm³/mol. The number of hydrogen-bond acceptors (Lipinski definition) is 7. The number of ketones is 1. The molecule has 0 radical (unpaired) electrons. The molecule has 158 valence electrons. The van der Waals surface area contributed by atoms with Crippen molar-refractivity contribution in [2.45, 2.75) is 4.90 Å². The Morgan fingerprint density at radius 1 is 0.774 bits per heavy atom. The van der Waals surface area contributed by atoms with Crippen molar-refractivity contribution >= 4 is 54.3 Å². The smallest absolute Gasteiger partial charge is 0.286 e. The van der Waals surface area contributed by atoms with Gasteiger partial charge in [0.05, 0.1) is 5.69 Å². The van der Waals surface area contributed by atoms with Crippen LogP contribution in [-0.2, 0) is 25.0 Å². The Hall–Kier alpha value is -3.38. The van der Waals surface area contributed by atoms with Gasteiger partial charge in [0, 0.05) is 16.3 Å². The number of anilines is 1. The molecule has 4 rings (SSSR count). The van der Waals surface area contributed by atoms with Crippen LogP contribution < -0.4 is 5.43 Å². The lowest BCUT2D eigenvalue weighted by Crippen LogP contribution is -2.27. The van der Waals surface area contributed by atoms with Gasteiger partial charge in [0.25, 0.3) is 20.2 Å². The second kappa shape index (κ2) is 7.39. The van der Waals surface area contributed by atoms with E-state index in [0.29, 0.717) is 22.2 Å². The van der Waals surface area contributed by atoms with Crippen molar-refractivity contribution in [3.05, 3.63) is 76.7 Å². The lowest BCUT2D eigenvalue weighted by molar-refractivity contribution is -0.109. The number of hydrogen-bond donors (Lipinski definition) is 3. The van der Waals surface area contributed by atoms with E-state index >= 15 is 0 Å². The van der Waals surface area contributed by atoms with Gasteiger partial charge in [-0.15, -0.1) is 0 Å². The minimum atomic E-state index is -4.78. The number of hydrazone groups is 1. The second-order valence-electron chi connectivity index (χ2n) is 6.60. The van der Waals surface area contributed by atoms with Gasteiger partial charge in [-0.1, -0.05) is 48.5 Å². The molecule has 3 aromatic carbocycles. The van der Waals surface area contributed by atoms with Crippen molar-refractivity contribution < 1.29 is 30.7 Å². The molecule has 3 aromatic rings. The Kier molecular flexibility index (Phi) is 4.98. The Labute approximate surface area is 177 Å². The lowest BCUT2D eigenvalue weighted by atomic mass is 9.94. The molecule has 0 aliphatic heterocycles. The number of nitrogens with zero attached hydrogens (tertiary/aromatic N) is 1. The standard InChI is InChI=1S/C20H14N2O7S2/c23-20-18(31(27,28)29)11-12-5-1-2-6-13(12)19(20)22-21-16-9-10-17(30(24,25)26)15-8-4-3-7-14(15)16/h1-11,21H,(H,24,25,26)(H,27,28,29)/b22-19-. The van der Waals surface area contributed by atoms with Gasteiger partial charge in [-0.05, 0) is 23.8 Å². The van der Waals surface area contributed by atoms with E-state index in [1.807, 2.05) is 0 Å². The molecule has 0 saturated carbocycles. The minimum absolute atomic E-state index is 0.226. The molecule has 0 fully saturated rings. The summed E-state index contributed by atoms with van der Waals surface area (Å²) in [6.07, 6.45) is 1.07. The first kappa shape index (κ1) is 20.9. The molecule has 0 aromatic heterocycles. The topological polar surface area (TPSA) is 150 Å². The summed E-state index contributed by atoms with van der Waals surface area (Å²) in [6.45, 7) is 0. The number of carbonyl (C=O) groups excluding carboxylic acids is 1. The number of carbonyl (C=O) groups is 1. The van der Waals surface area contributed by atoms with Crippen molar-refractivity contribution in [2.75, 3.05) is 5.43 Å². The summed E-state index contributed by atoms with van der Waals surface area (Å²) in [6, 6.07) is 15.3. The molecular formula is C20H14N2O7S2. The monoisotopic (exact) mass is 458 g/mol. The average molecular weight is 458 g/mol. The summed E-state index contributed by atoms with van der Waals surface area (Å²) in [5.74, 6) is -0.993. The van der Waals surface area contributed by atoms with E-state index < -0.39 is 30.9 Å². The summed E-state index contributed by atoms with van der Waals surface area (Å²) in [5, 5.41) is 4.69. The first-order chi connectivity index (χ1) is 14.6. The van der Waals surface area contributed by atoms with Crippen LogP contribution in [0.15, 0.2) is 75.6 Å². The summed E-state index contributed by atoms with van der Waals surface area (Å²) in [7, 11) is -9.26. The van der Waals surface area contributed by atoms with Gasteiger partial charge in [-0.3, -0.25) is 19.3 Å². The van der Waals surface area contributed by atoms with Crippen molar-refractivity contribution in [3.63, 3.8) is 0 Å². The Bertz CT molecular complexity index is 1520. The molecular weight excluding hydrogens is 444 g/mol. The number of fused-ring (bicyclic) bond motifs is 2. The van der Waals surface area contributed by atoms with Crippen LogP contribution in [0.5, 0.6) is 0 Å². The third-order valence-electron chi connectivity index (χ3n) is 4.67. The van der Waals surface area contributed by atoms with Gasteiger partial charge >= 0.3 is 0 Å². The van der Waals surface area contributed by atoms with Crippen LogP contribution in [0.3, 0.4) is 0 Å². The lowest BCUT2D eigenvalue weighted by Gasteiger charge is -2.16. The molecule has 1 aliphatic rings. The van der Waals surface area contributed by atoms with E-state index in [2.05, 4.69) is 10.5 Å². The van der Waals surface area contributed by atoms with Crippen LogP contribution in [0.2, 0.25) is 0 Å². The third kappa shape index (κ3) is 3.86. The van der Waals surface area contributed by atoms with Crippen molar-refractivity contribution in [3.8, 4) is 0 Å². The van der Waals surface area contributed by atoms with Crippen molar-refractivity contribution in [2.24, 2.45) is 5.10 Å². The highest BCUT2D eigenvalue weighted by atomic mass is 32.2. The highest BCUT2D eigenvalue weighted by Crippen LogP contribution is 2.30. The van der Waals surface area contributed by atoms with E-state index in [4.69, 9.17) is 0 Å². The molecule has 0 amide bonds. The van der Waals surface area contributed by atoms with Crippen LogP contribution >= 0.6 is 0 Å². The fraction of sp³-hybridized carbons (Fsp3) is 0. The van der Waals surface area contributed by atoms with Crippen LogP contribution in [0.4, 0.5) is 5.69 Å². The van der Waals surface area contributed by atoms with E-state index in [0.717, 1.165) is 6.08 Å². The Morgan fingerprint density at radius 2 is 1.42 bits per heavy atom. The molecule has 0 atom stereocenters. The Morgan fingerprint density at radius 3 is 2.10 bits per heavy atom. The van der Waals surface area contributed by atoms with Gasteiger partial charge in [0.2, 0.25) is 5.78 Å². The molecule has 0 bridgehead atoms. The highest BCUT2D eigenvalue weighted by molar-refractivity contribution is 7.91. The van der Waals surface area contributed by atoms with Crippen LogP contribution in [0.25, 0.3) is 16.8 Å². The zero-order chi connectivity index (χ0) is 22.4. The number of nitrogens with one attached hydrogen (secondary N) is 1. The van der Waals surface area contributed by atoms with Crippen molar-refractivity contribution in [1.82, 2.24) is 0 Å². The number of Topliss-reactive ketones (excluding diaryl/α,β-unsaturated/α-hetero) is 1. The summed E-state index contributed by atoms with van der Waals surface area (Å²) >= 11 is 0. The maximum atomic E-state index is 12.7. The largest absolute Gasteiger partial charge is 0.298 e. The zero-order valence-electron chi connectivity index (χ0n) is 15.6. The number of rotatable bonds is 4.